The molecule has 0 aliphatic carbocycles. The van der Waals surface area contributed by atoms with Crippen molar-refractivity contribution in [1.82, 2.24) is 5.32 Å². The highest BCUT2D eigenvalue weighted by molar-refractivity contribution is 5.95. The molecule has 0 aromatic heterocycles. The Morgan fingerprint density at radius 3 is 2.94 bits per heavy atom. The van der Waals surface area contributed by atoms with E-state index in [-0.39, 0.29) is 5.91 Å². The SMILES string of the molecule is CNCC(O)c1ccc2c(c1)CCC(=O)N2C. The maximum atomic E-state index is 11.5. The van der Waals surface area contributed by atoms with Crippen molar-refractivity contribution < 1.29 is 9.90 Å². The zero-order valence-electron chi connectivity index (χ0n) is 10.2. The summed E-state index contributed by atoms with van der Waals surface area (Å²) < 4.78 is 0. The summed E-state index contributed by atoms with van der Waals surface area (Å²) in [5.41, 5.74) is 3.00. The van der Waals surface area contributed by atoms with Crippen LogP contribution in [0.25, 0.3) is 0 Å². The van der Waals surface area contributed by atoms with E-state index in [0.717, 1.165) is 23.2 Å². The Kier molecular flexibility index (Phi) is 3.45. The number of likely N-dealkylation sites (N-methyl/N-ethyl adjacent to an activating group) is 1. The molecule has 2 rings (SSSR count). The van der Waals surface area contributed by atoms with Crippen LogP contribution in [0.5, 0.6) is 0 Å². The third-order valence-electron chi connectivity index (χ3n) is 3.23. The number of benzene rings is 1. The van der Waals surface area contributed by atoms with Gasteiger partial charge in [0.25, 0.3) is 0 Å². The van der Waals surface area contributed by atoms with E-state index in [9.17, 15) is 9.90 Å². The first kappa shape index (κ1) is 12.1. The highest BCUT2D eigenvalue weighted by Crippen LogP contribution is 2.29. The minimum absolute atomic E-state index is 0.154. The number of carbonyl (C=O) groups is 1. The van der Waals surface area contributed by atoms with E-state index in [0.29, 0.717) is 13.0 Å². The van der Waals surface area contributed by atoms with Crippen LogP contribution in [-0.4, -0.2) is 31.7 Å². The van der Waals surface area contributed by atoms with Crippen molar-refractivity contribution in [1.29, 1.82) is 0 Å². The third kappa shape index (κ3) is 2.33. The lowest BCUT2D eigenvalue weighted by atomic mass is 9.97. The fourth-order valence-electron chi connectivity index (χ4n) is 2.20. The molecule has 92 valence electrons. The fourth-order valence-corrected chi connectivity index (χ4v) is 2.20. The number of anilines is 1. The van der Waals surface area contributed by atoms with Crippen LogP contribution >= 0.6 is 0 Å². The van der Waals surface area contributed by atoms with Gasteiger partial charge in [-0.3, -0.25) is 4.79 Å². The zero-order chi connectivity index (χ0) is 12.4. The Labute approximate surface area is 101 Å². The van der Waals surface area contributed by atoms with E-state index in [4.69, 9.17) is 0 Å². The Bertz CT molecular complexity index is 431. The van der Waals surface area contributed by atoms with Gasteiger partial charge in [0.15, 0.2) is 0 Å². The molecule has 1 aliphatic rings. The Morgan fingerprint density at radius 1 is 1.47 bits per heavy atom. The van der Waals surface area contributed by atoms with Crippen LogP contribution in [0.1, 0.15) is 23.7 Å². The van der Waals surface area contributed by atoms with E-state index in [1.165, 1.54) is 0 Å². The minimum atomic E-state index is -0.492. The summed E-state index contributed by atoms with van der Waals surface area (Å²) in [5, 5.41) is 12.8. The van der Waals surface area contributed by atoms with Gasteiger partial charge in [-0.25, -0.2) is 0 Å². The summed E-state index contributed by atoms with van der Waals surface area (Å²) in [6.45, 7) is 0.535. The molecule has 1 aromatic carbocycles. The first-order chi connectivity index (χ1) is 8.13. The second-order valence-electron chi connectivity index (χ2n) is 4.41. The Balaban J connectivity index is 2.29. The van der Waals surface area contributed by atoms with Gasteiger partial charge in [-0.05, 0) is 30.7 Å². The lowest BCUT2D eigenvalue weighted by Gasteiger charge is -2.26. The number of amides is 1. The van der Waals surface area contributed by atoms with Crippen molar-refractivity contribution >= 4 is 11.6 Å². The molecule has 2 N–H and O–H groups in total. The number of nitrogens with zero attached hydrogens (tertiary/aromatic N) is 1. The molecule has 0 spiro atoms. The van der Waals surface area contributed by atoms with Gasteiger partial charge < -0.3 is 15.3 Å². The summed E-state index contributed by atoms with van der Waals surface area (Å²) in [5.74, 6) is 0.154. The molecule has 17 heavy (non-hydrogen) atoms. The molecule has 1 atom stereocenters. The van der Waals surface area contributed by atoms with Gasteiger partial charge in [0.05, 0.1) is 6.10 Å². The normalized spacial score (nSPS) is 16.9. The third-order valence-corrected chi connectivity index (χ3v) is 3.23. The van der Waals surface area contributed by atoms with E-state index in [1.54, 1.807) is 11.9 Å². The molecule has 4 heteroatoms. The van der Waals surface area contributed by atoms with Crippen molar-refractivity contribution in [2.45, 2.75) is 18.9 Å². The maximum Gasteiger partial charge on any atom is 0.227 e. The minimum Gasteiger partial charge on any atom is -0.387 e. The molecule has 1 amide bonds. The monoisotopic (exact) mass is 234 g/mol. The second kappa shape index (κ2) is 4.85. The summed E-state index contributed by atoms with van der Waals surface area (Å²) in [4.78, 5) is 13.2. The first-order valence-electron chi connectivity index (χ1n) is 5.85. The van der Waals surface area contributed by atoms with Gasteiger partial charge in [0.2, 0.25) is 5.91 Å². The van der Waals surface area contributed by atoms with Crippen LogP contribution in [0, 0.1) is 0 Å². The van der Waals surface area contributed by atoms with Crippen molar-refractivity contribution in [2.75, 3.05) is 25.5 Å². The van der Waals surface area contributed by atoms with Gasteiger partial charge in [0.1, 0.15) is 0 Å². The topological polar surface area (TPSA) is 52.6 Å². The van der Waals surface area contributed by atoms with Crippen LogP contribution in [0.3, 0.4) is 0 Å². The van der Waals surface area contributed by atoms with Crippen molar-refractivity contribution in [2.24, 2.45) is 0 Å². The standard InChI is InChI=1S/C13H18N2O2/c1-14-8-12(16)10-3-5-11-9(7-10)4-6-13(17)15(11)2/h3,5,7,12,14,16H,4,6,8H2,1-2H3. The van der Waals surface area contributed by atoms with Crippen LogP contribution in [0.4, 0.5) is 5.69 Å². The quantitative estimate of drug-likeness (QED) is 0.815. The Hall–Kier alpha value is -1.39. The molecule has 0 fully saturated rings. The number of aliphatic hydroxyl groups is 1. The largest absolute Gasteiger partial charge is 0.387 e. The summed E-state index contributed by atoms with van der Waals surface area (Å²) in [6.07, 6.45) is 0.821. The fraction of sp³-hybridized carbons (Fsp3) is 0.462. The molecule has 1 aromatic rings. The van der Waals surface area contributed by atoms with Gasteiger partial charge in [-0.1, -0.05) is 12.1 Å². The van der Waals surface area contributed by atoms with Gasteiger partial charge in [-0.15, -0.1) is 0 Å². The summed E-state index contributed by atoms with van der Waals surface area (Å²) in [7, 11) is 3.61. The van der Waals surface area contributed by atoms with E-state index < -0.39 is 6.10 Å². The maximum absolute atomic E-state index is 11.5. The van der Waals surface area contributed by atoms with E-state index in [1.807, 2.05) is 25.2 Å². The van der Waals surface area contributed by atoms with E-state index >= 15 is 0 Å². The predicted molar refractivity (Wildman–Crippen MR) is 67.1 cm³/mol. The number of rotatable bonds is 3. The number of hydrogen-bond donors (Lipinski definition) is 2. The highest BCUT2D eigenvalue weighted by Gasteiger charge is 2.21. The molecule has 1 unspecified atom stereocenters. The predicted octanol–water partition coefficient (Wildman–Crippen LogP) is 0.848. The van der Waals surface area contributed by atoms with Crippen LogP contribution in [0.2, 0.25) is 0 Å². The number of aryl methyl sites for hydroxylation is 1. The smallest absolute Gasteiger partial charge is 0.227 e. The van der Waals surface area contributed by atoms with Gasteiger partial charge >= 0.3 is 0 Å². The highest BCUT2D eigenvalue weighted by atomic mass is 16.3. The van der Waals surface area contributed by atoms with Crippen molar-refractivity contribution in [3.05, 3.63) is 29.3 Å². The number of carbonyl (C=O) groups excluding carboxylic acids is 1. The average Bonchev–Trinajstić information content (AvgIpc) is 2.34. The first-order valence-corrected chi connectivity index (χ1v) is 5.85. The molecule has 1 aliphatic heterocycles. The number of aliphatic hydroxyl groups excluding tert-OH is 1. The average molecular weight is 234 g/mol. The Morgan fingerprint density at radius 2 is 2.24 bits per heavy atom. The van der Waals surface area contributed by atoms with Gasteiger partial charge in [0, 0.05) is 25.7 Å². The molecule has 0 saturated heterocycles. The number of fused-ring (bicyclic) bond motifs is 1. The zero-order valence-corrected chi connectivity index (χ0v) is 10.2. The molecule has 0 bridgehead atoms. The molecule has 0 radical (unpaired) electrons. The van der Waals surface area contributed by atoms with Crippen LogP contribution in [0.15, 0.2) is 18.2 Å². The number of nitrogens with one attached hydrogen (secondary N) is 1. The molecular weight excluding hydrogens is 216 g/mol. The van der Waals surface area contributed by atoms with E-state index in [2.05, 4.69) is 5.32 Å². The van der Waals surface area contributed by atoms with Gasteiger partial charge in [-0.2, -0.15) is 0 Å². The molecule has 1 heterocycles. The lowest BCUT2D eigenvalue weighted by molar-refractivity contribution is -0.118. The summed E-state index contributed by atoms with van der Waals surface area (Å²) >= 11 is 0. The van der Waals surface area contributed by atoms with Crippen molar-refractivity contribution in [3.63, 3.8) is 0 Å². The van der Waals surface area contributed by atoms with Crippen LogP contribution < -0.4 is 10.2 Å². The molecule has 4 nitrogen and oxygen atoms in total. The number of hydrogen-bond acceptors (Lipinski definition) is 3. The lowest BCUT2D eigenvalue weighted by Crippen LogP contribution is -2.31. The van der Waals surface area contributed by atoms with Crippen molar-refractivity contribution in [3.8, 4) is 0 Å². The molecule has 0 saturated carbocycles. The summed E-state index contributed by atoms with van der Waals surface area (Å²) in [6, 6.07) is 5.80. The molecular formula is C13H18N2O2. The second-order valence-corrected chi connectivity index (χ2v) is 4.41. The van der Waals surface area contributed by atoms with Crippen LogP contribution in [-0.2, 0) is 11.2 Å².